The SMILES string of the molecule is CCC(Nc1ccc(C(=O)N(C)C)cc1N)C(C)C. The third-order valence-electron chi connectivity index (χ3n) is 3.29. The van der Waals surface area contributed by atoms with Crippen LogP contribution in [0, 0.1) is 5.92 Å². The second-order valence-corrected chi connectivity index (χ2v) is 5.40. The zero-order valence-electron chi connectivity index (χ0n) is 12.5. The third kappa shape index (κ3) is 3.88. The Morgan fingerprint density at radius 2 is 2.00 bits per heavy atom. The Bertz CT molecular complexity index is 441. The number of hydrogen-bond donors (Lipinski definition) is 2. The Balaban J connectivity index is 2.91. The molecule has 0 aliphatic heterocycles. The molecule has 19 heavy (non-hydrogen) atoms. The lowest BCUT2D eigenvalue weighted by molar-refractivity contribution is 0.0827. The number of carbonyl (C=O) groups excluding carboxylic acids is 1. The first-order chi connectivity index (χ1) is 8.86. The zero-order chi connectivity index (χ0) is 14.6. The van der Waals surface area contributed by atoms with Crippen molar-refractivity contribution in [2.24, 2.45) is 5.92 Å². The van der Waals surface area contributed by atoms with Crippen LogP contribution < -0.4 is 11.1 Å². The van der Waals surface area contributed by atoms with E-state index in [0.29, 0.717) is 23.2 Å². The monoisotopic (exact) mass is 263 g/mol. The van der Waals surface area contributed by atoms with E-state index < -0.39 is 0 Å². The molecule has 1 aromatic carbocycles. The van der Waals surface area contributed by atoms with E-state index in [4.69, 9.17) is 5.73 Å². The number of anilines is 2. The molecule has 0 fully saturated rings. The van der Waals surface area contributed by atoms with Crippen LogP contribution in [0.1, 0.15) is 37.6 Å². The van der Waals surface area contributed by atoms with Crippen molar-refractivity contribution >= 4 is 17.3 Å². The van der Waals surface area contributed by atoms with E-state index in [0.717, 1.165) is 12.1 Å². The molecule has 3 N–H and O–H groups in total. The summed E-state index contributed by atoms with van der Waals surface area (Å²) in [6, 6.07) is 5.82. The van der Waals surface area contributed by atoms with Crippen molar-refractivity contribution in [1.29, 1.82) is 0 Å². The summed E-state index contributed by atoms with van der Waals surface area (Å²) in [5.74, 6) is 0.502. The number of benzene rings is 1. The molecule has 4 heteroatoms. The second-order valence-electron chi connectivity index (χ2n) is 5.40. The van der Waals surface area contributed by atoms with E-state index in [1.54, 1.807) is 25.1 Å². The van der Waals surface area contributed by atoms with E-state index in [1.807, 2.05) is 12.1 Å². The van der Waals surface area contributed by atoms with Crippen LogP contribution in [0.5, 0.6) is 0 Å². The molecule has 1 amide bonds. The van der Waals surface area contributed by atoms with Gasteiger partial charge in [0, 0.05) is 25.7 Å². The number of amides is 1. The minimum absolute atomic E-state index is 0.0332. The first-order valence-electron chi connectivity index (χ1n) is 6.74. The fourth-order valence-corrected chi connectivity index (χ4v) is 2.03. The molecule has 1 rings (SSSR count). The number of nitrogens with two attached hydrogens (primary N) is 1. The van der Waals surface area contributed by atoms with Gasteiger partial charge < -0.3 is 16.0 Å². The predicted octanol–water partition coefficient (Wildman–Crippen LogP) is 2.82. The Hall–Kier alpha value is -1.71. The third-order valence-corrected chi connectivity index (χ3v) is 3.29. The summed E-state index contributed by atoms with van der Waals surface area (Å²) in [5.41, 5.74) is 8.16. The Morgan fingerprint density at radius 3 is 2.42 bits per heavy atom. The molecular formula is C15H25N3O. The minimum Gasteiger partial charge on any atom is -0.397 e. The van der Waals surface area contributed by atoms with Gasteiger partial charge in [-0.2, -0.15) is 0 Å². The topological polar surface area (TPSA) is 58.4 Å². The number of nitrogens with one attached hydrogen (secondary N) is 1. The Labute approximate surface area is 116 Å². The molecule has 0 aromatic heterocycles. The van der Waals surface area contributed by atoms with Crippen molar-refractivity contribution in [1.82, 2.24) is 4.90 Å². The van der Waals surface area contributed by atoms with Crippen molar-refractivity contribution in [2.75, 3.05) is 25.1 Å². The molecule has 1 atom stereocenters. The van der Waals surface area contributed by atoms with Crippen molar-refractivity contribution in [3.05, 3.63) is 23.8 Å². The standard InChI is InChI=1S/C15H25N3O/c1-6-13(10(2)3)17-14-8-7-11(9-12(14)16)15(19)18(4)5/h7-10,13,17H,6,16H2,1-5H3. The van der Waals surface area contributed by atoms with Gasteiger partial charge in [0.25, 0.3) is 5.91 Å². The van der Waals surface area contributed by atoms with Gasteiger partial charge in [0.2, 0.25) is 0 Å². The number of hydrogen-bond acceptors (Lipinski definition) is 3. The summed E-state index contributed by atoms with van der Waals surface area (Å²) >= 11 is 0. The maximum atomic E-state index is 11.8. The quantitative estimate of drug-likeness (QED) is 0.803. The predicted molar refractivity (Wildman–Crippen MR) is 81.4 cm³/mol. The molecule has 0 spiro atoms. The summed E-state index contributed by atoms with van der Waals surface area (Å²) in [6.07, 6.45) is 1.04. The maximum Gasteiger partial charge on any atom is 0.253 e. The van der Waals surface area contributed by atoms with E-state index in [-0.39, 0.29) is 5.91 Å². The molecule has 0 saturated heterocycles. The fraction of sp³-hybridized carbons (Fsp3) is 0.533. The molecule has 0 radical (unpaired) electrons. The van der Waals surface area contributed by atoms with Crippen LogP contribution in [0.15, 0.2) is 18.2 Å². The first kappa shape index (κ1) is 15.3. The van der Waals surface area contributed by atoms with E-state index in [1.165, 1.54) is 0 Å². The van der Waals surface area contributed by atoms with Crippen molar-refractivity contribution < 1.29 is 4.79 Å². The molecule has 106 valence electrons. The van der Waals surface area contributed by atoms with Gasteiger partial charge in [0.15, 0.2) is 0 Å². The summed E-state index contributed by atoms with van der Waals surface area (Å²) in [6.45, 7) is 6.51. The van der Waals surface area contributed by atoms with Gasteiger partial charge >= 0.3 is 0 Å². The normalized spacial score (nSPS) is 12.3. The average Bonchev–Trinajstić information content (AvgIpc) is 2.35. The summed E-state index contributed by atoms with van der Waals surface area (Å²) in [7, 11) is 3.47. The smallest absolute Gasteiger partial charge is 0.253 e. The molecule has 0 bridgehead atoms. The van der Waals surface area contributed by atoms with Gasteiger partial charge in [-0.05, 0) is 30.5 Å². The zero-order valence-corrected chi connectivity index (χ0v) is 12.5. The fourth-order valence-electron chi connectivity index (χ4n) is 2.03. The van der Waals surface area contributed by atoms with Gasteiger partial charge in [-0.15, -0.1) is 0 Å². The van der Waals surface area contributed by atoms with Crippen LogP contribution >= 0.6 is 0 Å². The van der Waals surface area contributed by atoms with Crippen molar-refractivity contribution in [3.63, 3.8) is 0 Å². The number of nitrogen functional groups attached to an aromatic ring is 1. The Kier molecular flexibility index (Phi) is 5.21. The Morgan fingerprint density at radius 1 is 1.37 bits per heavy atom. The lowest BCUT2D eigenvalue weighted by atomic mass is 10.0. The van der Waals surface area contributed by atoms with Crippen LogP contribution in [0.2, 0.25) is 0 Å². The minimum atomic E-state index is -0.0332. The largest absolute Gasteiger partial charge is 0.397 e. The molecule has 0 aliphatic carbocycles. The van der Waals surface area contributed by atoms with Crippen molar-refractivity contribution in [3.8, 4) is 0 Å². The molecule has 4 nitrogen and oxygen atoms in total. The van der Waals surface area contributed by atoms with Crippen molar-refractivity contribution in [2.45, 2.75) is 33.2 Å². The van der Waals surface area contributed by atoms with Gasteiger partial charge in [0.1, 0.15) is 0 Å². The summed E-state index contributed by atoms with van der Waals surface area (Å²) in [5, 5.41) is 3.44. The molecule has 1 aromatic rings. The van der Waals surface area contributed by atoms with E-state index in [2.05, 4.69) is 26.1 Å². The van der Waals surface area contributed by atoms with Gasteiger partial charge in [-0.25, -0.2) is 0 Å². The highest BCUT2D eigenvalue weighted by Crippen LogP contribution is 2.23. The highest BCUT2D eigenvalue weighted by molar-refractivity contribution is 5.95. The molecule has 0 aliphatic rings. The van der Waals surface area contributed by atoms with E-state index in [9.17, 15) is 4.79 Å². The van der Waals surface area contributed by atoms with Gasteiger partial charge in [-0.1, -0.05) is 20.8 Å². The molecule has 0 heterocycles. The average molecular weight is 263 g/mol. The van der Waals surface area contributed by atoms with Crippen LogP contribution in [-0.4, -0.2) is 30.9 Å². The number of rotatable bonds is 5. The van der Waals surface area contributed by atoms with Crippen LogP contribution in [0.25, 0.3) is 0 Å². The van der Waals surface area contributed by atoms with Crippen LogP contribution in [-0.2, 0) is 0 Å². The first-order valence-corrected chi connectivity index (χ1v) is 6.74. The highest BCUT2D eigenvalue weighted by atomic mass is 16.2. The molecule has 0 saturated carbocycles. The maximum absolute atomic E-state index is 11.8. The number of nitrogens with zero attached hydrogens (tertiary/aromatic N) is 1. The summed E-state index contributed by atoms with van der Waals surface area (Å²) < 4.78 is 0. The van der Waals surface area contributed by atoms with Gasteiger partial charge in [0.05, 0.1) is 11.4 Å². The van der Waals surface area contributed by atoms with Gasteiger partial charge in [-0.3, -0.25) is 4.79 Å². The lowest BCUT2D eigenvalue weighted by Crippen LogP contribution is -2.25. The molecule has 1 unspecified atom stereocenters. The number of carbonyl (C=O) groups is 1. The van der Waals surface area contributed by atoms with E-state index >= 15 is 0 Å². The molecular weight excluding hydrogens is 238 g/mol. The summed E-state index contributed by atoms with van der Waals surface area (Å²) in [4.78, 5) is 13.4. The van der Waals surface area contributed by atoms with Crippen LogP contribution in [0.4, 0.5) is 11.4 Å². The van der Waals surface area contributed by atoms with Crippen LogP contribution in [0.3, 0.4) is 0 Å². The second kappa shape index (κ2) is 6.45. The lowest BCUT2D eigenvalue weighted by Gasteiger charge is -2.23. The highest BCUT2D eigenvalue weighted by Gasteiger charge is 2.14.